The van der Waals surface area contributed by atoms with Gasteiger partial charge < -0.3 is 4.90 Å². The third-order valence-electron chi connectivity index (χ3n) is 3.27. The van der Waals surface area contributed by atoms with Crippen molar-refractivity contribution >= 4 is 12.0 Å². The van der Waals surface area contributed by atoms with Crippen molar-refractivity contribution in [2.75, 3.05) is 13.1 Å². The summed E-state index contributed by atoms with van der Waals surface area (Å²) < 4.78 is 0. The molecule has 2 rings (SSSR count). The lowest BCUT2D eigenvalue weighted by molar-refractivity contribution is -0.131. The molecule has 0 radical (unpaired) electrons. The molecule has 0 spiro atoms. The Labute approximate surface area is 109 Å². The van der Waals surface area contributed by atoms with E-state index in [0.29, 0.717) is 11.8 Å². The lowest BCUT2D eigenvalue weighted by Crippen LogP contribution is -2.33. The zero-order chi connectivity index (χ0) is 13.0. The zero-order valence-electron chi connectivity index (χ0n) is 11.2. The summed E-state index contributed by atoms with van der Waals surface area (Å²) in [6.45, 7) is 5.70. The van der Waals surface area contributed by atoms with Crippen molar-refractivity contribution in [1.82, 2.24) is 4.90 Å². The van der Waals surface area contributed by atoms with Gasteiger partial charge in [-0.05, 0) is 32.3 Å². The van der Waals surface area contributed by atoms with E-state index in [0.717, 1.165) is 25.9 Å². The summed E-state index contributed by atoms with van der Waals surface area (Å²) in [4.78, 5) is 14.0. The topological polar surface area (TPSA) is 20.3 Å². The molecule has 1 aliphatic rings. The van der Waals surface area contributed by atoms with Crippen molar-refractivity contribution in [2.24, 2.45) is 5.92 Å². The molecule has 0 aliphatic heterocycles. The molecule has 0 aromatic heterocycles. The summed E-state index contributed by atoms with van der Waals surface area (Å²) >= 11 is 0. The summed E-state index contributed by atoms with van der Waals surface area (Å²) in [7, 11) is 0. The first-order valence-electron chi connectivity index (χ1n) is 6.71. The molecule has 96 valence electrons. The summed E-state index contributed by atoms with van der Waals surface area (Å²) in [5, 5.41) is 0. The van der Waals surface area contributed by atoms with Gasteiger partial charge in [0, 0.05) is 19.0 Å². The minimum Gasteiger partial charge on any atom is -0.339 e. The first-order valence-corrected chi connectivity index (χ1v) is 6.71. The number of benzene rings is 1. The second-order valence-corrected chi connectivity index (χ2v) is 5.03. The minimum absolute atomic E-state index is 0.314. The van der Waals surface area contributed by atoms with Crippen LogP contribution in [0.5, 0.6) is 0 Å². The third kappa shape index (κ3) is 3.46. The van der Waals surface area contributed by atoms with Gasteiger partial charge in [-0.2, -0.15) is 0 Å². The minimum atomic E-state index is 0.314. The highest BCUT2D eigenvalue weighted by molar-refractivity contribution is 5.81. The van der Waals surface area contributed by atoms with E-state index in [-0.39, 0.29) is 0 Å². The predicted molar refractivity (Wildman–Crippen MR) is 75.1 cm³/mol. The molecule has 0 unspecified atom stereocenters. The second kappa shape index (κ2) is 5.85. The number of amides is 1. The van der Waals surface area contributed by atoms with Crippen LogP contribution in [0.1, 0.15) is 32.3 Å². The van der Waals surface area contributed by atoms with Gasteiger partial charge >= 0.3 is 0 Å². The van der Waals surface area contributed by atoms with Crippen LogP contribution in [0.2, 0.25) is 0 Å². The van der Waals surface area contributed by atoms with Crippen molar-refractivity contribution < 1.29 is 4.79 Å². The zero-order valence-corrected chi connectivity index (χ0v) is 11.2. The predicted octanol–water partition coefficient (Wildman–Crippen LogP) is 3.35. The van der Waals surface area contributed by atoms with Crippen molar-refractivity contribution in [2.45, 2.75) is 26.7 Å². The van der Waals surface area contributed by atoms with Gasteiger partial charge in [-0.3, -0.25) is 4.79 Å². The highest BCUT2D eigenvalue weighted by atomic mass is 16.2. The van der Waals surface area contributed by atoms with Crippen LogP contribution in [-0.2, 0) is 4.79 Å². The van der Waals surface area contributed by atoms with Gasteiger partial charge in [0.15, 0.2) is 0 Å². The van der Waals surface area contributed by atoms with Gasteiger partial charge in [-0.25, -0.2) is 0 Å². The van der Waals surface area contributed by atoms with Gasteiger partial charge in [0.05, 0.1) is 0 Å². The molecule has 0 atom stereocenters. The molecule has 0 N–H and O–H groups in total. The number of likely N-dealkylation sites (N-methyl/N-ethyl adjacent to an activating group) is 1. The number of hydrogen-bond acceptors (Lipinski definition) is 1. The molecule has 1 aliphatic carbocycles. The Morgan fingerprint density at radius 1 is 1.33 bits per heavy atom. The highest BCUT2D eigenvalue weighted by Gasteiger charge is 2.32. The second-order valence-electron chi connectivity index (χ2n) is 5.03. The summed E-state index contributed by atoms with van der Waals surface area (Å²) in [5.74, 6) is 0.646. The number of carbonyl (C=O) groups is 1. The Morgan fingerprint density at radius 3 is 2.56 bits per heavy atom. The average molecular weight is 243 g/mol. The van der Waals surface area contributed by atoms with E-state index in [1.807, 2.05) is 23.1 Å². The fourth-order valence-corrected chi connectivity index (χ4v) is 2.11. The molecule has 2 heteroatoms. The van der Waals surface area contributed by atoms with Gasteiger partial charge in [-0.15, -0.1) is 0 Å². The van der Waals surface area contributed by atoms with E-state index in [2.05, 4.69) is 32.1 Å². The van der Waals surface area contributed by atoms with E-state index >= 15 is 0 Å². The van der Waals surface area contributed by atoms with Crippen molar-refractivity contribution in [1.29, 1.82) is 0 Å². The quantitative estimate of drug-likeness (QED) is 0.776. The summed E-state index contributed by atoms with van der Waals surface area (Å²) in [6.07, 6.45) is 4.32. The first-order chi connectivity index (χ1) is 8.70. The maximum atomic E-state index is 12.0. The van der Waals surface area contributed by atoms with Crippen LogP contribution in [0.3, 0.4) is 0 Å². The molecule has 18 heavy (non-hydrogen) atoms. The van der Waals surface area contributed by atoms with Crippen LogP contribution in [0, 0.1) is 5.92 Å². The Kier molecular flexibility index (Phi) is 4.19. The lowest BCUT2D eigenvalue weighted by Gasteiger charge is -2.21. The molecular weight excluding hydrogens is 222 g/mol. The standard InChI is InChI=1S/C16H21NO/c1-3-17(16(18)15-9-10-15)12-13(2)11-14-7-5-4-6-8-14/h4-8,11,15H,3,9-10,12H2,1-2H3/b13-11-. The van der Waals surface area contributed by atoms with E-state index < -0.39 is 0 Å². The van der Waals surface area contributed by atoms with Crippen molar-refractivity contribution in [3.63, 3.8) is 0 Å². The number of nitrogens with zero attached hydrogens (tertiary/aromatic N) is 1. The Hall–Kier alpha value is -1.57. The smallest absolute Gasteiger partial charge is 0.225 e. The molecule has 0 heterocycles. The Morgan fingerprint density at radius 2 is 2.00 bits per heavy atom. The van der Waals surface area contributed by atoms with Gasteiger partial charge in [0.1, 0.15) is 0 Å². The van der Waals surface area contributed by atoms with Crippen LogP contribution in [0.15, 0.2) is 35.9 Å². The van der Waals surface area contributed by atoms with E-state index in [1.165, 1.54) is 11.1 Å². The lowest BCUT2D eigenvalue weighted by atomic mass is 10.1. The van der Waals surface area contributed by atoms with Gasteiger partial charge in [-0.1, -0.05) is 42.0 Å². The number of rotatable bonds is 5. The SMILES string of the molecule is CCN(C/C(C)=C\c1ccccc1)C(=O)C1CC1. The third-order valence-corrected chi connectivity index (χ3v) is 3.27. The van der Waals surface area contributed by atoms with Gasteiger partial charge in [0.2, 0.25) is 5.91 Å². The molecule has 0 saturated heterocycles. The average Bonchev–Trinajstić information content (AvgIpc) is 3.20. The molecular formula is C16H21NO. The van der Waals surface area contributed by atoms with Gasteiger partial charge in [0.25, 0.3) is 0 Å². The largest absolute Gasteiger partial charge is 0.339 e. The molecule has 1 amide bonds. The number of carbonyl (C=O) groups excluding carboxylic acids is 1. The normalized spacial score (nSPS) is 15.6. The molecule has 1 aromatic rings. The fraction of sp³-hybridized carbons (Fsp3) is 0.438. The Balaban J connectivity index is 1.98. The van der Waals surface area contributed by atoms with Crippen LogP contribution < -0.4 is 0 Å². The maximum Gasteiger partial charge on any atom is 0.225 e. The molecule has 0 bridgehead atoms. The number of hydrogen-bond donors (Lipinski definition) is 0. The van der Waals surface area contributed by atoms with E-state index in [9.17, 15) is 4.79 Å². The molecule has 1 fully saturated rings. The fourth-order valence-electron chi connectivity index (χ4n) is 2.11. The first kappa shape index (κ1) is 12.9. The monoisotopic (exact) mass is 243 g/mol. The van der Waals surface area contributed by atoms with Crippen LogP contribution >= 0.6 is 0 Å². The highest BCUT2D eigenvalue weighted by Crippen LogP contribution is 2.31. The molecule has 1 aromatic carbocycles. The molecule has 2 nitrogen and oxygen atoms in total. The maximum absolute atomic E-state index is 12.0. The van der Waals surface area contributed by atoms with Crippen LogP contribution in [0.4, 0.5) is 0 Å². The van der Waals surface area contributed by atoms with Crippen molar-refractivity contribution in [3.05, 3.63) is 41.5 Å². The van der Waals surface area contributed by atoms with E-state index in [1.54, 1.807) is 0 Å². The summed E-state index contributed by atoms with van der Waals surface area (Å²) in [5.41, 5.74) is 2.43. The van der Waals surface area contributed by atoms with Crippen LogP contribution in [-0.4, -0.2) is 23.9 Å². The summed E-state index contributed by atoms with van der Waals surface area (Å²) in [6, 6.07) is 10.3. The van der Waals surface area contributed by atoms with Crippen molar-refractivity contribution in [3.8, 4) is 0 Å². The molecule has 1 saturated carbocycles. The van der Waals surface area contributed by atoms with E-state index in [4.69, 9.17) is 0 Å². The van der Waals surface area contributed by atoms with Crippen LogP contribution in [0.25, 0.3) is 6.08 Å². The Bertz CT molecular complexity index is 432.